The number of carbonyl (C=O) groups is 2. The Labute approximate surface area is 284 Å². The Balaban J connectivity index is 0.000000260. The van der Waals surface area contributed by atoms with Crippen molar-refractivity contribution in [3.05, 3.63) is 48.5 Å². The van der Waals surface area contributed by atoms with Gasteiger partial charge in [0.05, 0.1) is 36.2 Å². The molecule has 0 radical (unpaired) electrons. The van der Waals surface area contributed by atoms with Gasteiger partial charge in [0, 0.05) is 37.6 Å². The van der Waals surface area contributed by atoms with E-state index < -0.39 is 32.1 Å². The Morgan fingerprint density at radius 2 is 1.00 bits per heavy atom. The highest BCUT2D eigenvalue weighted by Gasteiger charge is 2.32. The van der Waals surface area contributed by atoms with Gasteiger partial charge in [-0.3, -0.25) is 9.59 Å². The van der Waals surface area contributed by atoms with Crippen LogP contribution in [0.2, 0.25) is 0 Å². The first-order valence-electron chi connectivity index (χ1n) is 16.1. The molecule has 0 aliphatic carbocycles. The number of morpholine rings is 2. The number of benzene rings is 2. The number of amides is 2. The number of ether oxygens (including phenoxy) is 2. The minimum atomic E-state index is -3.82. The van der Waals surface area contributed by atoms with E-state index in [1.54, 1.807) is 34.1 Å². The van der Waals surface area contributed by atoms with Gasteiger partial charge in [-0.05, 0) is 61.1 Å². The zero-order valence-electron chi connectivity index (χ0n) is 28.1. The third-order valence-corrected chi connectivity index (χ3v) is 10.5. The Kier molecular flexibility index (Phi) is 14.6. The molecule has 2 aliphatic rings. The number of anilines is 2. The molecule has 2 heterocycles. The van der Waals surface area contributed by atoms with E-state index in [2.05, 4.69) is 9.44 Å². The fourth-order valence-electron chi connectivity index (χ4n) is 5.22. The first-order valence-corrected chi connectivity index (χ1v) is 19.0. The molecule has 2 fully saturated rings. The summed E-state index contributed by atoms with van der Waals surface area (Å²) in [4.78, 5) is 28.9. The molecule has 0 bridgehead atoms. The highest BCUT2D eigenvalue weighted by molar-refractivity contribution is 7.89. The summed E-state index contributed by atoms with van der Waals surface area (Å²) >= 11 is 0. The molecule has 2 aromatic rings. The second-order valence-corrected chi connectivity index (χ2v) is 16.1. The summed E-state index contributed by atoms with van der Waals surface area (Å²) in [5.74, 6) is -0.0778. The highest BCUT2D eigenvalue weighted by atomic mass is 32.2. The van der Waals surface area contributed by atoms with E-state index in [-0.39, 0.29) is 33.4 Å². The molecule has 2 saturated heterocycles. The van der Waals surface area contributed by atoms with Gasteiger partial charge in [0.2, 0.25) is 31.9 Å². The fraction of sp³-hybridized carbons (Fsp3) is 0.562. The first-order chi connectivity index (χ1) is 22.6. The van der Waals surface area contributed by atoms with Crippen LogP contribution < -0.4 is 20.9 Å². The first kappa shape index (κ1) is 39.2. The number of nitrogens with one attached hydrogen (secondary N) is 2. The van der Waals surface area contributed by atoms with Crippen molar-refractivity contribution in [2.45, 2.75) is 62.4 Å². The molecule has 0 aromatic heterocycles. The van der Waals surface area contributed by atoms with Crippen LogP contribution in [0, 0.1) is 11.8 Å². The van der Waals surface area contributed by atoms with Crippen LogP contribution in [0.4, 0.5) is 11.4 Å². The second kappa shape index (κ2) is 17.9. The summed E-state index contributed by atoms with van der Waals surface area (Å²) < 4.78 is 66.0. The summed E-state index contributed by atoms with van der Waals surface area (Å²) in [5.41, 5.74) is 12.0. The summed E-state index contributed by atoms with van der Waals surface area (Å²) in [6, 6.07) is 10.5. The molecule has 268 valence electrons. The summed E-state index contributed by atoms with van der Waals surface area (Å²) in [7, 11) is -7.64. The van der Waals surface area contributed by atoms with Crippen molar-refractivity contribution in [1.82, 2.24) is 19.2 Å². The SMILES string of the molecule is CC(C)C[C@H](NS(=O)(=O)c1cccc(N)c1)C(=O)N1CCOCC1.CC(C)C[C@H](NS(=O)(=O)c1cccc(N)c1)C(=O)N1CCOCC1. The number of sulfonamides is 2. The lowest BCUT2D eigenvalue weighted by Gasteiger charge is -2.31. The molecule has 0 unspecified atom stereocenters. The third-order valence-electron chi connectivity index (χ3n) is 7.59. The largest absolute Gasteiger partial charge is 0.399 e. The van der Waals surface area contributed by atoms with Crippen LogP contribution in [0.25, 0.3) is 0 Å². The molecule has 2 amide bonds. The van der Waals surface area contributed by atoms with Crippen molar-refractivity contribution in [2.75, 3.05) is 64.1 Å². The van der Waals surface area contributed by atoms with Crippen LogP contribution in [0.3, 0.4) is 0 Å². The van der Waals surface area contributed by atoms with Gasteiger partial charge >= 0.3 is 0 Å². The van der Waals surface area contributed by atoms with Crippen LogP contribution in [0.15, 0.2) is 58.3 Å². The monoisotopic (exact) mass is 710 g/mol. The number of hydrogen-bond acceptors (Lipinski definition) is 10. The van der Waals surface area contributed by atoms with Gasteiger partial charge in [0.25, 0.3) is 0 Å². The van der Waals surface area contributed by atoms with E-state index >= 15 is 0 Å². The van der Waals surface area contributed by atoms with Crippen molar-refractivity contribution in [1.29, 1.82) is 0 Å². The molecular weight excluding hydrogens is 661 g/mol. The van der Waals surface area contributed by atoms with Gasteiger partial charge in [-0.1, -0.05) is 39.8 Å². The van der Waals surface area contributed by atoms with Crippen LogP contribution in [-0.2, 0) is 39.1 Å². The van der Waals surface area contributed by atoms with Gasteiger partial charge < -0.3 is 30.7 Å². The van der Waals surface area contributed by atoms with Crippen LogP contribution in [0.5, 0.6) is 0 Å². The molecule has 2 atom stereocenters. The van der Waals surface area contributed by atoms with Crippen molar-refractivity contribution in [3.63, 3.8) is 0 Å². The zero-order valence-corrected chi connectivity index (χ0v) is 29.8. The summed E-state index contributed by atoms with van der Waals surface area (Å²) in [5, 5.41) is 0. The third kappa shape index (κ3) is 12.0. The quantitative estimate of drug-likeness (QED) is 0.235. The molecular formula is C32H50N6O8S2. The average Bonchev–Trinajstić information content (AvgIpc) is 3.04. The van der Waals surface area contributed by atoms with Gasteiger partial charge in [-0.25, -0.2) is 16.8 Å². The van der Waals surface area contributed by atoms with Gasteiger partial charge in [-0.15, -0.1) is 0 Å². The van der Waals surface area contributed by atoms with E-state index in [0.29, 0.717) is 76.8 Å². The number of nitrogens with two attached hydrogens (primary N) is 2. The lowest BCUT2D eigenvalue weighted by molar-refractivity contribution is -0.138. The van der Waals surface area contributed by atoms with Gasteiger partial charge in [-0.2, -0.15) is 9.44 Å². The van der Waals surface area contributed by atoms with E-state index in [1.807, 2.05) is 27.7 Å². The average molecular weight is 711 g/mol. The van der Waals surface area contributed by atoms with Crippen molar-refractivity contribution < 1.29 is 35.9 Å². The molecule has 2 aliphatic heterocycles. The van der Waals surface area contributed by atoms with Crippen LogP contribution in [0.1, 0.15) is 40.5 Å². The molecule has 2 aromatic carbocycles. The lowest BCUT2D eigenvalue weighted by atomic mass is 10.0. The maximum absolute atomic E-state index is 12.7. The molecule has 0 spiro atoms. The van der Waals surface area contributed by atoms with E-state index in [4.69, 9.17) is 20.9 Å². The van der Waals surface area contributed by atoms with E-state index in [0.717, 1.165) is 0 Å². The molecule has 16 heteroatoms. The van der Waals surface area contributed by atoms with E-state index in [1.165, 1.54) is 24.3 Å². The number of carbonyl (C=O) groups excluding carboxylic acids is 2. The maximum atomic E-state index is 12.7. The van der Waals surface area contributed by atoms with Crippen LogP contribution >= 0.6 is 0 Å². The molecule has 0 saturated carbocycles. The Hall–Kier alpha value is -3.28. The number of hydrogen-bond donors (Lipinski definition) is 4. The second-order valence-electron chi connectivity index (χ2n) is 12.6. The normalized spacial score (nSPS) is 17.0. The predicted molar refractivity (Wildman–Crippen MR) is 184 cm³/mol. The zero-order chi connectivity index (χ0) is 35.5. The Bertz CT molecular complexity index is 1460. The van der Waals surface area contributed by atoms with Gasteiger partial charge in [0.1, 0.15) is 12.1 Å². The van der Waals surface area contributed by atoms with Crippen molar-refractivity contribution in [2.24, 2.45) is 11.8 Å². The molecule has 48 heavy (non-hydrogen) atoms. The number of nitrogen functional groups attached to an aromatic ring is 2. The summed E-state index contributed by atoms with van der Waals surface area (Å²) in [6.45, 7) is 11.6. The highest BCUT2D eigenvalue weighted by Crippen LogP contribution is 2.18. The molecule has 6 N–H and O–H groups in total. The fourth-order valence-corrected chi connectivity index (χ4v) is 7.74. The molecule has 4 rings (SSSR count). The topological polar surface area (TPSA) is 203 Å². The van der Waals surface area contributed by atoms with Crippen LogP contribution in [-0.4, -0.2) is 103 Å². The van der Waals surface area contributed by atoms with Crippen molar-refractivity contribution >= 4 is 43.2 Å². The summed E-state index contributed by atoms with van der Waals surface area (Å²) in [6.07, 6.45) is 0.857. The number of nitrogens with zero attached hydrogens (tertiary/aromatic N) is 2. The Morgan fingerprint density at radius 3 is 1.29 bits per heavy atom. The van der Waals surface area contributed by atoms with Gasteiger partial charge in [0.15, 0.2) is 0 Å². The predicted octanol–water partition coefficient (Wildman–Crippen LogP) is 1.64. The van der Waals surface area contributed by atoms with E-state index in [9.17, 15) is 26.4 Å². The lowest BCUT2D eigenvalue weighted by Crippen LogP contribution is -2.52. The molecule has 14 nitrogen and oxygen atoms in total. The Morgan fingerprint density at radius 1 is 0.667 bits per heavy atom. The minimum absolute atomic E-state index is 0.0611. The standard InChI is InChI=1S/2C16H25N3O4S/c2*1-12(2)10-15(16(20)19-6-8-23-9-7-19)18-24(21,22)14-5-3-4-13(17)11-14/h2*3-5,11-12,15,18H,6-10,17H2,1-2H3/t2*15-/m00/s1. The minimum Gasteiger partial charge on any atom is -0.399 e. The number of rotatable bonds is 12. The van der Waals surface area contributed by atoms with Crippen molar-refractivity contribution in [3.8, 4) is 0 Å². The smallest absolute Gasteiger partial charge is 0.241 e. The maximum Gasteiger partial charge on any atom is 0.241 e.